The monoisotopic (exact) mass is 406 g/mol. The molecule has 1 heterocycles. The largest absolute Gasteiger partial charge is 0.489 e. The second-order valence-electron chi connectivity index (χ2n) is 9.33. The second kappa shape index (κ2) is 7.71. The predicted octanol–water partition coefficient (Wildman–Crippen LogP) is 4.14. The van der Waals surface area contributed by atoms with Crippen LogP contribution in [-0.4, -0.2) is 28.0 Å². The van der Waals surface area contributed by atoms with Gasteiger partial charge in [-0.2, -0.15) is 5.26 Å². The van der Waals surface area contributed by atoms with Gasteiger partial charge < -0.3 is 10.1 Å². The normalized spacial score (nSPS) is 21.3. The summed E-state index contributed by atoms with van der Waals surface area (Å²) in [6.07, 6.45) is 3.80. The van der Waals surface area contributed by atoms with Gasteiger partial charge in [-0.3, -0.25) is 4.79 Å². The Morgan fingerprint density at radius 3 is 2.13 bits per heavy atom. The van der Waals surface area contributed by atoms with Crippen molar-refractivity contribution in [1.29, 1.82) is 5.26 Å². The summed E-state index contributed by atoms with van der Waals surface area (Å²) in [6.45, 7) is 14.2. The molecule has 158 valence electrons. The van der Waals surface area contributed by atoms with Crippen LogP contribution in [0, 0.1) is 36.0 Å². The van der Waals surface area contributed by atoms with Crippen LogP contribution < -0.4 is 10.1 Å². The van der Waals surface area contributed by atoms with Crippen LogP contribution in [0.4, 0.5) is 0 Å². The molecule has 0 saturated heterocycles. The zero-order valence-electron chi connectivity index (χ0n) is 18.8. The van der Waals surface area contributed by atoms with E-state index in [-0.39, 0.29) is 28.9 Å². The van der Waals surface area contributed by atoms with Crippen molar-refractivity contribution >= 4 is 5.91 Å². The molecule has 0 atom stereocenters. The molecule has 1 N–H and O–H groups in total. The molecule has 1 aliphatic carbocycles. The molecule has 1 amide bonds. The maximum Gasteiger partial charge on any atom is 0.254 e. The summed E-state index contributed by atoms with van der Waals surface area (Å²) in [4.78, 5) is 21.2. The number of rotatable bonds is 5. The number of carbonyl (C=O) groups is 1. The Morgan fingerprint density at radius 1 is 1.13 bits per heavy atom. The molecule has 0 spiro atoms. The van der Waals surface area contributed by atoms with Gasteiger partial charge in [-0.25, -0.2) is 9.97 Å². The lowest BCUT2D eigenvalue weighted by molar-refractivity contribution is -0.164. The van der Waals surface area contributed by atoms with E-state index in [2.05, 4.69) is 49.0 Å². The summed E-state index contributed by atoms with van der Waals surface area (Å²) in [6, 6.07) is 5.99. The van der Waals surface area contributed by atoms with Crippen LogP contribution in [0.2, 0.25) is 0 Å². The van der Waals surface area contributed by atoms with Crippen LogP contribution in [-0.2, 0) is 6.42 Å². The predicted molar refractivity (Wildman–Crippen MR) is 115 cm³/mol. The lowest BCUT2D eigenvalue weighted by Crippen LogP contribution is -2.74. The van der Waals surface area contributed by atoms with Gasteiger partial charge in [0.25, 0.3) is 5.91 Å². The Labute approximate surface area is 178 Å². The van der Waals surface area contributed by atoms with Crippen LogP contribution in [0.15, 0.2) is 24.5 Å². The Morgan fingerprint density at radius 2 is 1.67 bits per heavy atom. The van der Waals surface area contributed by atoms with Crippen LogP contribution >= 0.6 is 0 Å². The number of nitrogens with one attached hydrogen (secondary N) is 1. The summed E-state index contributed by atoms with van der Waals surface area (Å²) >= 11 is 0. The Kier molecular flexibility index (Phi) is 5.60. The third-order valence-electron chi connectivity index (χ3n) is 6.27. The number of amides is 1. The average molecular weight is 407 g/mol. The lowest BCUT2D eigenvalue weighted by Gasteiger charge is -2.63. The summed E-state index contributed by atoms with van der Waals surface area (Å²) in [5.74, 6) is 1.30. The summed E-state index contributed by atoms with van der Waals surface area (Å²) in [5.41, 5.74) is 2.40. The van der Waals surface area contributed by atoms with Gasteiger partial charge in [0, 0.05) is 35.7 Å². The topological polar surface area (TPSA) is 87.9 Å². The fraction of sp³-hybridized carbons (Fsp3) is 0.500. The molecule has 6 nitrogen and oxygen atoms in total. The van der Waals surface area contributed by atoms with Gasteiger partial charge in [-0.1, -0.05) is 34.6 Å². The van der Waals surface area contributed by atoms with E-state index >= 15 is 0 Å². The molecule has 1 saturated carbocycles. The quantitative estimate of drug-likeness (QED) is 0.806. The first-order valence-electron chi connectivity index (χ1n) is 10.3. The van der Waals surface area contributed by atoms with E-state index in [1.54, 1.807) is 12.4 Å². The Balaban J connectivity index is 1.77. The van der Waals surface area contributed by atoms with Crippen LogP contribution in [0.3, 0.4) is 0 Å². The number of aromatic nitrogens is 2. The maximum atomic E-state index is 12.8. The molecule has 6 heteroatoms. The van der Waals surface area contributed by atoms with Gasteiger partial charge in [-0.15, -0.1) is 0 Å². The molecule has 0 bridgehead atoms. The van der Waals surface area contributed by atoms with Gasteiger partial charge in [0.05, 0.1) is 17.2 Å². The van der Waals surface area contributed by atoms with E-state index in [4.69, 9.17) is 4.74 Å². The SMILES string of the molecule is CCc1ncc(C(=O)NC2C(C)(C)C(Oc3cc(C)c(C#N)c(C)c3)C2(C)C)cn1. The number of ether oxygens (including phenoxy) is 1. The Hall–Kier alpha value is -2.94. The van der Waals surface area contributed by atoms with Gasteiger partial charge in [-0.05, 0) is 37.1 Å². The maximum absolute atomic E-state index is 12.8. The molecule has 1 fully saturated rings. The number of hydrogen-bond donors (Lipinski definition) is 1. The molecule has 1 aromatic heterocycles. The van der Waals surface area contributed by atoms with E-state index in [1.807, 2.05) is 32.9 Å². The van der Waals surface area contributed by atoms with E-state index < -0.39 is 0 Å². The smallest absolute Gasteiger partial charge is 0.254 e. The van der Waals surface area contributed by atoms with Crippen molar-refractivity contribution in [3.05, 3.63) is 52.6 Å². The first kappa shape index (κ1) is 21.8. The average Bonchev–Trinajstić information content (AvgIpc) is 2.69. The zero-order valence-corrected chi connectivity index (χ0v) is 18.8. The summed E-state index contributed by atoms with van der Waals surface area (Å²) in [5, 5.41) is 12.5. The van der Waals surface area contributed by atoms with Crippen LogP contribution in [0.5, 0.6) is 5.75 Å². The number of benzene rings is 1. The van der Waals surface area contributed by atoms with Crippen LogP contribution in [0.25, 0.3) is 0 Å². The fourth-order valence-electron chi connectivity index (χ4n) is 4.97. The first-order chi connectivity index (χ1) is 14.0. The van der Waals surface area contributed by atoms with Crippen molar-refractivity contribution in [1.82, 2.24) is 15.3 Å². The van der Waals surface area contributed by atoms with Crippen molar-refractivity contribution < 1.29 is 9.53 Å². The first-order valence-corrected chi connectivity index (χ1v) is 10.3. The number of aryl methyl sites for hydroxylation is 3. The van der Waals surface area contributed by atoms with Crippen molar-refractivity contribution in [2.45, 2.75) is 67.0 Å². The highest BCUT2D eigenvalue weighted by Gasteiger charge is 2.64. The number of hydrogen-bond acceptors (Lipinski definition) is 5. The molecule has 1 aliphatic rings. The zero-order chi connectivity index (χ0) is 22.3. The van der Waals surface area contributed by atoms with Crippen molar-refractivity contribution in [2.24, 2.45) is 10.8 Å². The van der Waals surface area contributed by atoms with Gasteiger partial charge in [0.1, 0.15) is 17.7 Å². The minimum atomic E-state index is -0.279. The van der Waals surface area contributed by atoms with E-state index in [0.717, 1.165) is 29.1 Å². The lowest BCUT2D eigenvalue weighted by atomic mass is 9.49. The number of nitrogens with zero attached hydrogens (tertiary/aromatic N) is 3. The summed E-state index contributed by atoms with van der Waals surface area (Å²) in [7, 11) is 0. The molecule has 1 aromatic carbocycles. The molecule has 0 unspecified atom stereocenters. The highest BCUT2D eigenvalue weighted by molar-refractivity contribution is 5.94. The number of nitriles is 1. The van der Waals surface area contributed by atoms with E-state index in [1.165, 1.54) is 0 Å². The van der Waals surface area contributed by atoms with Crippen LogP contribution in [0.1, 0.15) is 67.5 Å². The second-order valence-corrected chi connectivity index (χ2v) is 9.33. The molecular formula is C24H30N4O2. The molecule has 3 rings (SSSR count). The van der Waals surface area contributed by atoms with E-state index in [0.29, 0.717) is 11.1 Å². The highest BCUT2D eigenvalue weighted by atomic mass is 16.5. The molecular weight excluding hydrogens is 376 g/mol. The molecule has 2 aromatic rings. The minimum absolute atomic E-state index is 0.0751. The minimum Gasteiger partial charge on any atom is -0.489 e. The Bertz CT molecular complexity index is 964. The molecule has 0 aliphatic heterocycles. The van der Waals surface area contributed by atoms with Crippen molar-refractivity contribution in [2.75, 3.05) is 0 Å². The van der Waals surface area contributed by atoms with Gasteiger partial charge >= 0.3 is 0 Å². The highest BCUT2D eigenvalue weighted by Crippen LogP contribution is 2.55. The third-order valence-corrected chi connectivity index (χ3v) is 6.27. The molecule has 0 radical (unpaired) electrons. The van der Waals surface area contributed by atoms with Crippen molar-refractivity contribution in [3.63, 3.8) is 0 Å². The molecule has 30 heavy (non-hydrogen) atoms. The van der Waals surface area contributed by atoms with Gasteiger partial charge in [0.2, 0.25) is 0 Å². The standard InChI is InChI=1S/C24H30N4O2/c1-8-19-26-12-16(13-27-19)20(29)28-21-23(4,5)22(24(21,6)7)30-17-9-14(2)18(11-25)15(3)10-17/h9-10,12-13,21-22H,8H2,1-7H3,(H,28,29). The summed E-state index contributed by atoms with van der Waals surface area (Å²) < 4.78 is 6.40. The van der Waals surface area contributed by atoms with Crippen molar-refractivity contribution in [3.8, 4) is 11.8 Å². The van der Waals surface area contributed by atoms with Gasteiger partial charge in [0.15, 0.2) is 0 Å². The fourth-order valence-corrected chi connectivity index (χ4v) is 4.97. The number of carbonyl (C=O) groups excluding carboxylic acids is 1. The van der Waals surface area contributed by atoms with E-state index in [9.17, 15) is 10.1 Å². The third kappa shape index (κ3) is 3.65.